The van der Waals surface area contributed by atoms with Crippen LogP contribution in [0.5, 0.6) is 0 Å². The largest absolute Gasteiger partial charge is 0.296 e. The van der Waals surface area contributed by atoms with Crippen molar-refractivity contribution in [2.24, 2.45) is 0 Å². The molecule has 3 rings (SSSR count). The molecule has 1 N–H and O–H groups in total. The van der Waals surface area contributed by atoms with Crippen LogP contribution in [0.15, 0.2) is 51.5 Å². The Bertz CT molecular complexity index is 710. The minimum absolute atomic E-state index is 0.146. The Morgan fingerprint density at radius 1 is 1.19 bits per heavy atom. The zero-order chi connectivity index (χ0) is 14.5. The molecule has 0 bridgehead atoms. The molecule has 0 aliphatic heterocycles. The topological polar surface area (TPSA) is 54.9 Å². The van der Waals surface area contributed by atoms with Crippen molar-refractivity contribution in [1.29, 1.82) is 0 Å². The van der Waals surface area contributed by atoms with Crippen molar-refractivity contribution in [2.45, 2.75) is 10.1 Å². The van der Waals surface area contributed by atoms with Crippen LogP contribution in [0.4, 0.5) is 5.13 Å². The van der Waals surface area contributed by atoms with Gasteiger partial charge in [-0.05, 0) is 17.0 Å². The summed E-state index contributed by atoms with van der Waals surface area (Å²) in [5.74, 6) is 0.695. The molecule has 3 aromatic rings. The van der Waals surface area contributed by atoms with Crippen molar-refractivity contribution in [3.05, 3.63) is 58.3 Å². The minimum Gasteiger partial charge on any atom is -0.296 e. The van der Waals surface area contributed by atoms with Crippen LogP contribution in [0.3, 0.4) is 0 Å². The van der Waals surface area contributed by atoms with E-state index in [9.17, 15) is 4.79 Å². The Hall–Kier alpha value is -1.70. The number of aromatic nitrogens is 2. The van der Waals surface area contributed by atoms with Crippen molar-refractivity contribution >= 4 is 45.5 Å². The predicted molar refractivity (Wildman–Crippen MR) is 88.2 cm³/mol. The fourth-order valence-electron chi connectivity index (χ4n) is 1.60. The lowest BCUT2D eigenvalue weighted by Gasteiger charge is -1.97. The maximum atomic E-state index is 11.9. The molecule has 2 aromatic heterocycles. The number of benzene rings is 1. The summed E-state index contributed by atoms with van der Waals surface area (Å²) in [6.07, 6.45) is 0. The molecule has 0 saturated heterocycles. The number of amides is 1. The number of thiophene rings is 1. The van der Waals surface area contributed by atoms with Crippen molar-refractivity contribution < 1.29 is 4.79 Å². The molecule has 0 unspecified atom stereocenters. The highest BCUT2D eigenvalue weighted by Crippen LogP contribution is 2.28. The molecule has 0 radical (unpaired) electrons. The molecule has 0 aliphatic rings. The van der Waals surface area contributed by atoms with E-state index in [1.807, 2.05) is 23.6 Å². The molecule has 0 aliphatic carbocycles. The Kier molecular flexibility index (Phi) is 4.64. The molecular weight excluding hydrogens is 322 g/mol. The van der Waals surface area contributed by atoms with Crippen LogP contribution in [-0.2, 0) is 5.75 Å². The van der Waals surface area contributed by atoms with Crippen LogP contribution >= 0.6 is 34.4 Å². The minimum atomic E-state index is -0.146. The van der Waals surface area contributed by atoms with Gasteiger partial charge in [0.25, 0.3) is 5.91 Å². The summed E-state index contributed by atoms with van der Waals surface area (Å²) in [4.78, 5) is 11.9. The maximum absolute atomic E-state index is 11.9. The van der Waals surface area contributed by atoms with Crippen molar-refractivity contribution in [1.82, 2.24) is 10.2 Å². The summed E-state index contributed by atoms with van der Waals surface area (Å²) in [5, 5.41) is 15.1. The third kappa shape index (κ3) is 3.90. The Morgan fingerprint density at radius 3 is 2.81 bits per heavy atom. The van der Waals surface area contributed by atoms with Gasteiger partial charge in [0.1, 0.15) is 0 Å². The van der Waals surface area contributed by atoms with E-state index in [2.05, 4.69) is 27.6 Å². The lowest BCUT2D eigenvalue weighted by molar-refractivity contribution is 0.102. The lowest BCUT2D eigenvalue weighted by Crippen LogP contribution is -2.10. The van der Waals surface area contributed by atoms with E-state index in [1.54, 1.807) is 23.2 Å². The second-order valence-corrected chi connectivity index (χ2v) is 7.09. The highest BCUT2D eigenvalue weighted by Gasteiger charge is 2.10. The van der Waals surface area contributed by atoms with E-state index in [0.29, 0.717) is 10.7 Å². The lowest BCUT2D eigenvalue weighted by atomic mass is 10.2. The molecule has 1 amide bonds. The van der Waals surface area contributed by atoms with Gasteiger partial charge in [-0.25, -0.2) is 0 Å². The van der Waals surface area contributed by atoms with Crippen LogP contribution < -0.4 is 5.32 Å². The Balaban J connectivity index is 1.57. The molecule has 21 heavy (non-hydrogen) atoms. The van der Waals surface area contributed by atoms with Crippen LogP contribution in [0.25, 0.3) is 0 Å². The number of nitrogens with one attached hydrogen (secondary N) is 1. The highest BCUT2D eigenvalue weighted by molar-refractivity contribution is 8.00. The molecule has 2 heterocycles. The van der Waals surface area contributed by atoms with E-state index in [1.165, 1.54) is 28.2 Å². The summed E-state index contributed by atoms with van der Waals surface area (Å²) >= 11 is 4.50. The Morgan fingerprint density at radius 2 is 2.05 bits per heavy atom. The van der Waals surface area contributed by atoms with Gasteiger partial charge < -0.3 is 0 Å². The van der Waals surface area contributed by atoms with E-state index in [0.717, 1.165) is 10.1 Å². The maximum Gasteiger partial charge on any atom is 0.258 e. The zero-order valence-electron chi connectivity index (χ0n) is 10.9. The first-order valence-corrected chi connectivity index (χ1v) is 8.89. The zero-order valence-corrected chi connectivity index (χ0v) is 13.3. The van der Waals surface area contributed by atoms with Gasteiger partial charge in [-0.1, -0.05) is 53.4 Å². The number of carbonyl (C=O) groups is 1. The first kappa shape index (κ1) is 14.2. The van der Waals surface area contributed by atoms with Crippen LogP contribution in [0.1, 0.15) is 15.9 Å². The second kappa shape index (κ2) is 6.84. The number of thioether (sulfide) groups is 1. The first-order chi connectivity index (χ1) is 10.3. The average molecular weight is 333 g/mol. The quantitative estimate of drug-likeness (QED) is 0.563. The highest BCUT2D eigenvalue weighted by atomic mass is 32.2. The predicted octanol–water partition coefficient (Wildman–Crippen LogP) is 4.14. The van der Waals surface area contributed by atoms with E-state index in [-0.39, 0.29) is 5.91 Å². The van der Waals surface area contributed by atoms with E-state index >= 15 is 0 Å². The fourth-order valence-corrected chi connectivity index (χ4v) is 3.94. The SMILES string of the molecule is O=C(Nc1nnc(SCc2ccccc2)s1)c1ccsc1. The summed E-state index contributed by atoms with van der Waals surface area (Å²) in [6.45, 7) is 0. The molecule has 0 atom stereocenters. The van der Waals surface area contributed by atoms with Gasteiger partial charge in [0.2, 0.25) is 5.13 Å². The summed E-state index contributed by atoms with van der Waals surface area (Å²) < 4.78 is 0.847. The Labute approximate surface area is 134 Å². The fraction of sp³-hybridized carbons (Fsp3) is 0.0714. The molecular formula is C14H11N3OS3. The van der Waals surface area contributed by atoms with Gasteiger partial charge in [-0.2, -0.15) is 11.3 Å². The molecule has 4 nitrogen and oxygen atoms in total. The third-order valence-electron chi connectivity index (χ3n) is 2.62. The monoisotopic (exact) mass is 333 g/mol. The van der Waals surface area contributed by atoms with Crippen LogP contribution in [0, 0.1) is 0 Å². The summed E-state index contributed by atoms with van der Waals surface area (Å²) in [7, 11) is 0. The molecule has 106 valence electrons. The standard InChI is InChI=1S/C14H11N3OS3/c18-12(11-6-7-19-9-11)15-13-16-17-14(21-13)20-8-10-4-2-1-3-5-10/h1-7,9H,8H2,(H,15,16,18). The van der Waals surface area contributed by atoms with Gasteiger partial charge in [-0.3, -0.25) is 10.1 Å². The number of rotatable bonds is 5. The number of anilines is 1. The van der Waals surface area contributed by atoms with Crippen molar-refractivity contribution in [3.63, 3.8) is 0 Å². The first-order valence-electron chi connectivity index (χ1n) is 6.15. The second-order valence-electron chi connectivity index (χ2n) is 4.11. The van der Waals surface area contributed by atoms with Gasteiger partial charge in [-0.15, -0.1) is 10.2 Å². The van der Waals surface area contributed by atoms with Crippen molar-refractivity contribution in [2.75, 3.05) is 5.32 Å². The molecule has 0 fully saturated rings. The third-order valence-corrected chi connectivity index (χ3v) is 5.34. The van der Waals surface area contributed by atoms with Gasteiger partial charge in [0.15, 0.2) is 4.34 Å². The van der Waals surface area contributed by atoms with Gasteiger partial charge >= 0.3 is 0 Å². The number of nitrogens with zero attached hydrogens (tertiary/aromatic N) is 2. The molecule has 0 saturated carbocycles. The number of hydrogen-bond acceptors (Lipinski definition) is 6. The van der Waals surface area contributed by atoms with E-state index in [4.69, 9.17) is 0 Å². The molecule has 0 spiro atoms. The number of carbonyl (C=O) groups excluding carboxylic acids is 1. The summed E-state index contributed by atoms with van der Waals surface area (Å²) in [6, 6.07) is 12.0. The van der Waals surface area contributed by atoms with E-state index < -0.39 is 0 Å². The smallest absolute Gasteiger partial charge is 0.258 e. The molecule has 7 heteroatoms. The average Bonchev–Trinajstić information content (AvgIpc) is 3.18. The van der Waals surface area contributed by atoms with Crippen LogP contribution in [0.2, 0.25) is 0 Å². The molecule has 1 aromatic carbocycles. The van der Waals surface area contributed by atoms with Crippen molar-refractivity contribution in [3.8, 4) is 0 Å². The number of hydrogen-bond donors (Lipinski definition) is 1. The van der Waals surface area contributed by atoms with Crippen LogP contribution in [-0.4, -0.2) is 16.1 Å². The normalized spacial score (nSPS) is 10.5. The van der Waals surface area contributed by atoms with Gasteiger partial charge in [0, 0.05) is 11.1 Å². The summed E-state index contributed by atoms with van der Waals surface area (Å²) in [5.41, 5.74) is 1.88. The van der Waals surface area contributed by atoms with Gasteiger partial charge in [0.05, 0.1) is 5.56 Å².